The Balaban J connectivity index is 3.27. The van der Waals surface area contributed by atoms with E-state index in [4.69, 9.17) is 0 Å². The number of benzene rings is 1. The van der Waals surface area contributed by atoms with Crippen molar-refractivity contribution >= 4 is 17.2 Å². The highest BCUT2D eigenvalue weighted by Crippen LogP contribution is 2.32. The topological polar surface area (TPSA) is 66.7 Å². The molecule has 0 spiro atoms. The first-order chi connectivity index (χ1) is 9.25. The molecule has 0 amide bonds. The van der Waals surface area contributed by atoms with Crippen LogP contribution in [0.3, 0.4) is 0 Å². The number of anilines is 1. The van der Waals surface area contributed by atoms with Gasteiger partial charge < -0.3 is 9.80 Å². The summed E-state index contributed by atoms with van der Waals surface area (Å²) in [6.45, 7) is 2.44. The predicted molar refractivity (Wildman–Crippen MR) is 79.5 cm³/mol. The Labute approximate surface area is 119 Å². The second kappa shape index (κ2) is 6.47. The minimum atomic E-state index is -0.456. The van der Waals surface area contributed by atoms with Crippen LogP contribution in [0.5, 0.6) is 0 Å². The zero-order valence-corrected chi connectivity index (χ0v) is 12.6. The fourth-order valence-corrected chi connectivity index (χ4v) is 2.24. The summed E-state index contributed by atoms with van der Waals surface area (Å²) in [4.78, 5) is 26.7. The van der Waals surface area contributed by atoms with Gasteiger partial charge in [0.15, 0.2) is 5.78 Å². The molecule has 0 aliphatic carbocycles. The van der Waals surface area contributed by atoms with E-state index in [-0.39, 0.29) is 17.4 Å². The fourth-order valence-electron chi connectivity index (χ4n) is 2.24. The summed E-state index contributed by atoms with van der Waals surface area (Å²) in [5, 5.41) is 11.1. The molecule has 1 atom stereocenters. The molecular formula is C14H21N3O3. The van der Waals surface area contributed by atoms with Crippen molar-refractivity contribution in [3.63, 3.8) is 0 Å². The first-order valence-electron chi connectivity index (χ1n) is 6.39. The molecule has 0 aromatic heterocycles. The molecule has 0 aliphatic rings. The molecule has 0 aliphatic heterocycles. The molecule has 0 bridgehead atoms. The van der Waals surface area contributed by atoms with E-state index in [1.165, 1.54) is 6.07 Å². The maximum Gasteiger partial charge on any atom is 0.293 e. The lowest BCUT2D eigenvalue weighted by Gasteiger charge is -2.20. The van der Waals surface area contributed by atoms with Crippen LogP contribution in [0.4, 0.5) is 11.4 Å². The van der Waals surface area contributed by atoms with E-state index >= 15 is 0 Å². The van der Waals surface area contributed by atoms with Gasteiger partial charge in [0.05, 0.1) is 4.92 Å². The zero-order valence-electron chi connectivity index (χ0n) is 12.6. The third-order valence-electron chi connectivity index (χ3n) is 3.01. The molecule has 0 unspecified atom stereocenters. The molecular weight excluding hydrogens is 258 g/mol. The Kier molecular flexibility index (Phi) is 5.21. The lowest BCUT2D eigenvalue weighted by Crippen LogP contribution is -2.27. The highest BCUT2D eigenvalue weighted by atomic mass is 16.6. The first-order valence-corrected chi connectivity index (χ1v) is 6.39. The largest absolute Gasteiger partial charge is 0.372 e. The Hall–Kier alpha value is -1.95. The summed E-state index contributed by atoms with van der Waals surface area (Å²) in [6.07, 6.45) is 0. The van der Waals surface area contributed by atoms with Crippen LogP contribution in [-0.4, -0.2) is 50.3 Å². The number of carbonyl (C=O) groups excluding carboxylic acids is 1. The number of hydrogen-bond acceptors (Lipinski definition) is 5. The summed E-state index contributed by atoms with van der Waals surface area (Å²) in [5.41, 5.74) is 0.726. The number of hydrogen-bond donors (Lipinski definition) is 0. The summed E-state index contributed by atoms with van der Waals surface area (Å²) in [7, 11) is 7.19. The van der Waals surface area contributed by atoms with Crippen molar-refractivity contribution in [1.82, 2.24) is 4.90 Å². The summed E-state index contributed by atoms with van der Waals surface area (Å²) < 4.78 is 0. The lowest BCUT2D eigenvalue weighted by atomic mass is 9.96. The number of Topliss-reactive ketones (excluding diaryl/α,β-unsaturated/α-hetero) is 1. The van der Waals surface area contributed by atoms with Crippen LogP contribution in [0.25, 0.3) is 0 Å². The number of nitrogens with zero attached hydrogens (tertiary/aromatic N) is 3. The van der Waals surface area contributed by atoms with Gasteiger partial charge in [-0.3, -0.25) is 14.9 Å². The van der Waals surface area contributed by atoms with E-state index in [1.54, 1.807) is 31.1 Å². The Morgan fingerprint density at radius 2 is 1.90 bits per heavy atom. The average Bonchev–Trinajstić information content (AvgIpc) is 2.35. The van der Waals surface area contributed by atoms with Crippen molar-refractivity contribution in [3.05, 3.63) is 33.9 Å². The van der Waals surface area contributed by atoms with Crippen LogP contribution in [-0.2, 0) is 0 Å². The van der Waals surface area contributed by atoms with Gasteiger partial charge in [0.1, 0.15) is 5.69 Å². The highest BCUT2D eigenvalue weighted by molar-refractivity contribution is 6.04. The standard InChI is InChI=1S/C14H21N3O3/c1-10(9-15(2)3)14(18)11-7-6-8-12(17(19)20)13(11)16(4)5/h6-8,10H,9H2,1-5H3/t10-/m0/s1. The Bertz CT molecular complexity index is 512. The highest BCUT2D eigenvalue weighted by Gasteiger charge is 2.26. The molecule has 0 saturated carbocycles. The smallest absolute Gasteiger partial charge is 0.293 e. The number of para-hydroxylation sites is 1. The molecule has 0 heterocycles. The van der Waals surface area contributed by atoms with Crippen LogP contribution in [0, 0.1) is 16.0 Å². The predicted octanol–water partition coefficient (Wildman–Crippen LogP) is 2.04. The Morgan fingerprint density at radius 3 is 2.35 bits per heavy atom. The molecule has 0 N–H and O–H groups in total. The van der Waals surface area contributed by atoms with Gasteiger partial charge >= 0.3 is 0 Å². The molecule has 0 saturated heterocycles. The monoisotopic (exact) mass is 279 g/mol. The van der Waals surface area contributed by atoms with E-state index < -0.39 is 4.92 Å². The van der Waals surface area contributed by atoms with Gasteiger partial charge in [-0.05, 0) is 20.2 Å². The number of ketones is 1. The molecule has 110 valence electrons. The summed E-state index contributed by atoms with van der Waals surface area (Å²) in [5.74, 6) is -0.295. The second-order valence-corrected chi connectivity index (χ2v) is 5.35. The average molecular weight is 279 g/mol. The van der Waals surface area contributed by atoms with Gasteiger partial charge in [0, 0.05) is 38.2 Å². The lowest BCUT2D eigenvalue weighted by molar-refractivity contribution is -0.384. The van der Waals surface area contributed by atoms with E-state index in [0.29, 0.717) is 17.8 Å². The van der Waals surface area contributed by atoms with E-state index in [2.05, 4.69) is 0 Å². The van der Waals surface area contributed by atoms with Crippen molar-refractivity contribution in [1.29, 1.82) is 0 Å². The number of nitro benzene ring substituents is 1. The number of nitro groups is 1. The van der Waals surface area contributed by atoms with Gasteiger partial charge in [-0.15, -0.1) is 0 Å². The molecule has 20 heavy (non-hydrogen) atoms. The van der Waals surface area contributed by atoms with Crippen molar-refractivity contribution in [3.8, 4) is 0 Å². The van der Waals surface area contributed by atoms with Crippen molar-refractivity contribution in [2.45, 2.75) is 6.92 Å². The quantitative estimate of drug-likeness (QED) is 0.453. The molecule has 1 aromatic rings. The van der Waals surface area contributed by atoms with E-state index in [9.17, 15) is 14.9 Å². The number of rotatable bonds is 6. The van der Waals surface area contributed by atoms with Crippen LogP contribution in [0.15, 0.2) is 18.2 Å². The molecule has 1 aromatic carbocycles. The third-order valence-corrected chi connectivity index (χ3v) is 3.01. The maximum atomic E-state index is 12.5. The van der Waals surface area contributed by atoms with E-state index in [0.717, 1.165) is 0 Å². The maximum absolute atomic E-state index is 12.5. The van der Waals surface area contributed by atoms with Gasteiger partial charge in [-0.2, -0.15) is 0 Å². The van der Waals surface area contributed by atoms with Gasteiger partial charge in [-0.1, -0.05) is 13.0 Å². The van der Waals surface area contributed by atoms with Crippen molar-refractivity contribution in [2.24, 2.45) is 5.92 Å². The SMILES string of the molecule is C[C@@H](CN(C)C)C(=O)c1cccc([N+](=O)[O-])c1N(C)C. The van der Waals surface area contributed by atoms with E-state index in [1.807, 2.05) is 25.9 Å². The second-order valence-electron chi connectivity index (χ2n) is 5.35. The molecule has 6 nitrogen and oxygen atoms in total. The van der Waals surface area contributed by atoms with Crippen LogP contribution in [0.2, 0.25) is 0 Å². The van der Waals surface area contributed by atoms with Crippen LogP contribution in [0.1, 0.15) is 17.3 Å². The van der Waals surface area contributed by atoms with Gasteiger partial charge in [0.2, 0.25) is 0 Å². The molecule has 1 rings (SSSR count). The minimum absolute atomic E-state index is 0.0436. The van der Waals surface area contributed by atoms with Crippen molar-refractivity contribution < 1.29 is 9.72 Å². The molecule has 6 heteroatoms. The normalized spacial score (nSPS) is 12.3. The Morgan fingerprint density at radius 1 is 1.30 bits per heavy atom. The zero-order chi connectivity index (χ0) is 15.4. The van der Waals surface area contributed by atoms with Gasteiger partial charge in [0.25, 0.3) is 5.69 Å². The van der Waals surface area contributed by atoms with Crippen LogP contribution < -0.4 is 4.90 Å². The third kappa shape index (κ3) is 3.54. The fraction of sp³-hybridized carbons (Fsp3) is 0.500. The minimum Gasteiger partial charge on any atom is -0.372 e. The van der Waals surface area contributed by atoms with Gasteiger partial charge in [-0.25, -0.2) is 0 Å². The summed E-state index contributed by atoms with van der Waals surface area (Å²) >= 11 is 0. The van der Waals surface area contributed by atoms with Crippen molar-refractivity contribution in [2.75, 3.05) is 39.6 Å². The first kappa shape index (κ1) is 16.1. The molecule has 0 fully saturated rings. The molecule has 0 radical (unpaired) electrons. The summed E-state index contributed by atoms with van der Waals surface area (Å²) in [6, 6.07) is 4.63. The van der Waals surface area contributed by atoms with Crippen LogP contribution >= 0.6 is 0 Å². The number of carbonyl (C=O) groups is 1.